The van der Waals surface area contributed by atoms with Crippen molar-refractivity contribution in [3.8, 4) is 11.4 Å². The highest BCUT2D eigenvalue weighted by Gasteiger charge is 2.13. The second-order valence-corrected chi connectivity index (χ2v) is 5.61. The van der Waals surface area contributed by atoms with Crippen molar-refractivity contribution in [2.45, 2.75) is 6.54 Å². The summed E-state index contributed by atoms with van der Waals surface area (Å²) < 4.78 is 5.41. The summed E-state index contributed by atoms with van der Waals surface area (Å²) in [5.41, 5.74) is 3.09. The van der Waals surface area contributed by atoms with Crippen LogP contribution in [0.2, 0.25) is 0 Å². The third-order valence-electron chi connectivity index (χ3n) is 3.92. The molecule has 2 aromatic carbocycles. The van der Waals surface area contributed by atoms with Gasteiger partial charge in [-0.3, -0.25) is 4.98 Å². The predicted molar refractivity (Wildman–Crippen MR) is 93.6 cm³/mol. The fourth-order valence-electron chi connectivity index (χ4n) is 2.70. The number of nitrogens with zero attached hydrogens (tertiary/aromatic N) is 4. The van der Waals surface area contributed by atoms with Crippen molar-refractivity contribution in [2.24, 2.45) is 0 Å². The standard InChI is InChI=1S/C19H16N4O/c1-23(13-15-9-5-11-17-16(15)10-6-12-20-17)19-21-18(22-24-19)14-7-3-2-4-8-14/h2-12H,13H2,1H3. The summed E-state index contributed by atoms with van der Waals surface area (Å²) in [5.74, 6) is 0.594. The molecular formula is C19H16N4O. The summed E-state index contributed by atoms with van der Waals surface area (Å²) in [6, 6.07) is 20.4. The van der Waals surface area contributed by atoms with Crippen LogP contribution in [0.1, 0.15) is 5.56 Å². The van der Waals surface area contributed by atoms with Crippen LogP contribution in [0.3, 0.4) is 0 Å². The number of rotatable bonds is 4. The Balaban J connectivity index is 1.60. The van der Waals surface area contributed by atoms with Crippen LogP contribution in [0, 0.1) is 0 Å². The molecule has 0 radical (unpaired) electrons. The molecule has 0 saturated heterocycles. The van der Waals surface area contributed by atoms with Crippen LogP contribution in [0.15, 0.2) is 71.4 Å². The minimum Gasteiger partial charge on any atom is -0.323 e. The molecule has 4 rings (SSSR count). The Labute approximate surface area is 139 Å². The normalized spacial score (nSPS) is 10.9. The van der Waals surface area contributed by atoms with Crippen molar-refractivity contribution < 1.29 is 4.52 Å². The van der Waals surface area contributed by atoms with Gasteiger partial charge in [-0.05, 0) is 17.7 Å². The van der Waals surface area contributed by atoms with E-state index in [-0.39, 0.29) is 0 Å². The quantitative estimate of drug-likeness (QED) is 0.571. The van der Waals surface area contributed by atoms with Crippen LogP contribution in [0.25, 0.3) is 22.3 Å². The first-order chi connectivity index (χ1) is 11.8. The number of aromatic nitrogens is 3. The monoisotopic (exact) mass is 316 g/mol. The fourth-order valence-corrected chi connectivity index (χ4v) is 2.70. The SMILES string of the molecule is CN(Cc1cccc2ncccc12)c1nc(-c2ccccc2)no1. The van der Waals surface area contributed by atoms with E-state index in [1.165, 1.54) is 5.56 Å². The Morgan fingerprint density at radius 3 is 2.71 bits per heavy atom. The Morgan fingerprint density at radius 1 is 0.958 bits per heavy atom. The molecule has 0 N–H and O–H groups in total. The highest BCUT2D eigenvalue weighted by molar-refractivity contribution is 5.82. The Morgan fingerprint density at radius 2 is 1.83 bits per heavy atom. The first-order valence-corrected chi connectivity index (χ1v) is 7.74. The van der Waals surface area contributed by atoms with Gasteiger partial charge in [0.05, 0.1) is 5.52 Å². The van der Waals surface area contributed by atoms with E-state index in [1.807, 2.05) is 60.5 Å². The van der Waals surface area contributed by atoms with Crippen LogP contribution in [-0.2, 0) is 6.54 Å². The van der Waals surface area contributed by atoms with E-state index in [2.05, 4.69) is 27.3 Å². The van der Waals surface area contributed by atoms with E-state index in [4.69, 9.17) is 4.52 Å². The van der Waals surface area contributed by atoms with E-state index in [0.29, 0.717) is 18.4 Å². The van der Waals surface area contributed by atoms with Gasteiger partial charge >= 0.3 is 6.01 Å². The molecule has 0 atom stereocenters. The Bertz CT molecular complexity index is 960. The van der Waals surface area contributed by atoms with Crippen LogP contribution >= 0.6 is 0 Å². The molecular weight excluding hydrogens is 300 g/mol. The fraction of sp³-hybridized carbons (Fsp3) is 0.105. The highest BCUT2D eigenvalue weighted by atomic mass is 16.5. The van der Waals surface area contributed by atoms with Gasteiger partial charge in [0, 0.05) is 30.7 Å². The molecule has 0 unspecified atom stereocenters. The Hall–Kier alpha value is -3.21. The van der Waals surface area contributed by atoms with Gasteiger partial charge in [0.1, 0.15) is 0 Å². The molecule has 0 amide bonds. The second-order valence-electron chi connectivity index (χ2n) is 5.61. The number of benzene rings is 2. The zero-order valence-corrected chi connectivity index (χ0v) is 13.3. The molecule has 5 nitrogen and oxygen atoms in total. The second kappa shape index (κ2) is 6.12. The molecule has 118 valence electrons. The van der Waals surface area contributed by atoms with Crippen molar-refractivity contribution in [3.05, 3.63) is 72.4 Å². The van der Waals surface area contributed by atoms with Crippen molar-refractivity contribution in [2.75, 3.05) is 11.9 Å². The molecule has 5 heteroatoms. The maximum Gasteiger partial charge on any atom is 0.324 e. The molecule has 0 saturated carbocycles. The van der Waals surface area contributed by atoms with Crippen LogP contribution in [0.4, 0.5) is 6.01 Å². The molecule has 2 aromatic heterocycles. The third kappa shape index (κ3) is 2.72. The number of anilines is 1. The molecule has 0 spiro atoms. The molecule has 4 aromatic rings. The number of hydrogen-bond acceptors (Lipinski definition) is 5. The lowest BCUT2D eigenvalue weighted by molar-refractivity contribution is 0.418. The van der Waals surface area contributed by atoms with Crippen molar-refractivity contribution in [1.29, 1.82) is 0 Å². The minimum atomic E-state index is 0.495. The van der Waals surface area contributed by atoms with E-state index in [1.54, 1.807) is 6.20 Å². The summed E-state index contributed by atoms with van der Waals surface area (Å²) >= 11 is 0. The molecule has 2 heterocycles. The molecule has 24 heavy (non-hydrogen) atoms. The number of pyridine rings is 1. The lowest BCUT2D eigenvalue weighted by Crippen LogP contribution is -2.16. The summed E-state index contributed by atoms with van der Waals surface area (Å²) in [6.07, 6.45) is 1.81. The molecule has 0 aliphatic carbocycles. The highest BCUT2D eigenvalue weighted by Crippen LogP contribution is 2.22. The number of hydrogen-bond donors (Lipinski definition) is 0. The topological polar surface area (TPSA) is 55.1 Å². The molecule has 0 fully saturated rings. The Kier molecular flexibility index (Phi) is 3.67. The van der Waals surface area contributed by atoms with Gasteiger partial charge in [0.15, 0.2) is 0 Å². The van der Waals surface area contributed by atoms with Crippen LogP contribution in [0.5, 0.6) is 0 Å². The molecule has 0 bridgehead atoms. The molecule has 0 aliphatic heterocycles. The summed E-state index contributed by atoms with van der Waals surface area (Å²) in [4.78, 5) is 10.8. The molecule has 0 aliphatic rings. The van der Waals surface area contributed by atoms with Gasteiger partial charge in [0.25, 0.3) is 0 Å². The maximum atomic E-state index is 5.41. The van der Waals surface area contributed by atoms with E-state index < -0.39 is 0 Å². The zero-order valence-electron chi connectivity index (χ0n) is 13.3. The maximum absolute atomic E-state index is 5.41. The zero-order chi connectivity index (χ0) is 16.4. The van der Waals surface area contributed by atoms with E-state index in [0.717, 1.165) is 16.5 Å². The smallest absolute Gasteiger partial charge is 0.323 e. The lowest BCUT2D eigenvalue weighted by Gasteiger charge is -2.15. The third-order valence-corrected chi connectivity index (χ3v) is 3.92. The largest absolute Gasteiger partial charge is 0.324 e. The average molecular weight is 316 g/mol. The average Bonchev–Trinajstić information content (AvgIpc) is 3.13. The van der Waals surface area contributed by atoms with Crippen LogP contribution in [-0.4, -0.2) is 22.2 Å². The lowest BCUT2D eigenvalue weighted by atomic mass is 10.1. The summed E-state index contributed by atoms with van der Waals surface area (Å²) in [6.45, 7) is 0.666. The van der Waals surface area contributed by atoms with Gasteiger partial charge < -0.3 is 9.42 Å². The van der Waals surface area contributed by atoms with Gasteiger partial charge in [0.2, 0.25) is 5.82 Å². The first kappa shape index (κ1) is 14.4. The summed E-state index contributed by atoms with van der Waals surface area (Å²) in [5, 5.41) is 5.21. The van der Waals surface area contributed by atoms with Crippen LogP contribution < -0.4 is 4.90 Å². The van der Waals surface area contributed by atoms with Crippen molar-refractivity contribution >= 4 is 16.9 Å². The van der Waals surface area contributed by atoms with Gasteiger partial charge in [-0.2, -0.15) is 4.98 Å². The van der Waals surface area contributed by atoms with Gasteiger partial charge in [-0.15, -0.1) is 0 Å². The first-order valence-electron chi connectivity index (χ1n) is 7.74. The predicted octanol–water partition coefficient (Wildman–Crippen LogP) is 3.92. The van der Waals surface area contributed by atoms with Crippen molar-refractivity contribution in [3.63, 3.8) is 0 Å². The minimum absolute atomic E-state index is 0.495. The van der Waals surface area contributed by atoms with Crippen molar-refractivity contribution in [1.82, 2.24) is 15.1 Å². The summed E-state index contributed by atoms with van der Waals surface area (Å²) in [7, 11) is 1.94. The van der Waals surface area contributed by atoms with Gasteiger partial charge in [-0.1, -0.05) is 53.7 Å². The number of fused-ring (bicyclic) bond motifs is 1. The van der Waals surface area contributed by atoms with E-state index >= 15 is 0 Å². The van der Waals surface area contributed by atoms with E-state index in [9.17, 15) is 0 Å². The van der Waals surface area contributed by atoms with Gasteiger partial charge in [-0.25, -0.2) is 0 Å².